The second kappa shape index (κ2) is 7.46. The molecular formula is C21H32NO3+. The van der Waals surface area contributed by atoms with Crippen LogP contribution in [0, 0.1) is 5.92 Å². The van der Waals surface area contributed by atoms with Crippen molar-refractivity contribution in [3.05, 3.63) is 35.9 Å². The number of carbonyl (C=O) groups is 1. The van der Waals surface area contributed by atoms with Crippen LogP contribution >= 0.6 is 0 Å². The van der Waals surface area contributed by atoms with Gasteiger partial charge in [-0.1, -0.05) is 49.6 Å². The van der Waals surface area contributed by atoms with E-state index in [0.29, 0.717) is 5.56 Å². The summed E-state index contributed by atoms with van der Waals surface area (Å²) >= 11 is 0. The van der Waals surface area contributed by atoms with E-state index in [4.69, 9.17) is 4.74 Å². The Balaban J connectivity index is 1.78. The van der Waals surface area contributed by atoms with Gasteiger partial charge in [-0.3, -0.25) is 0 Å². The minimum absolute atomic E-state index is 0.0491. The average molecular weight is 345 g/mol. The summed E-state index contributed by atoms with van der Waals surface area (Å²) in [5, 5.41) is 11.5. The number of hydrogen-bond acceptors (Lipinski definition) is 3. The molecule has 2 aliphatic rings. The summed E-state index contributed by atoms with van der Waals surface area (Å²) in [6.07, 6.45) is 6.76. The first-order chi connectivity index (χ1) is 11.9. The highest BCUT2D eigenvalue weighted by molar-refractivity contribution is 5.81. The van der Waals surface area contributed by atoms with Crippen molar-refractivity contribution in [3.63, 3.8) is 0 Å². The third kappa shape index (κ3) is 4.06. The molecule has 1 N–H and O–H groups in total. The first-order valence-corrected chi connectivity index (χ1v) is 9.73. The normalized spacial score (nSPS) is 30.4. The molecule has 138 valence electrons. The van der Waals surface area contributed by atoms with E-state index in [0.717, 1.165) is 56.1 Å². The fourth-order valence-corrected chi connectivity index (χ4v) is 4.33. The van der Waals surface area contributed by atoms with E-state index in [-0.39, 0.29) is 12.0 Å². The Morgan fingerprint density at radius 3 is 2.24 bits per heavy atom. The number of hydrogen-bond donors (Lipinski definition) is 1. The van der Waals surface area contributed by atoms with Crippen molar-refractivity contribution < 1.29 is 19.1 Å². The number of piperidine rings is 1. The molecule has 3 rings (SSSR count). The second-order valence-corrected chi connectivity index (χ2v) is 8.45. The number of ether oxygens (including phenoxy) is 1. The molecule has 0 spiro atoms. The van der Waals surface area contributed by atoms with Crippen LogP contribution in [-0.4, -0.2) is 48.8 Å². The number of esters is 1. The van der Waals surface area contributed by atoms with Crippen LogP contribution < -0.4 is 0 Å². The molecule has 0 radical (unpaired) electrons. The zero-order valence-corrected chi connectivity index (χ0v) is 15.6. The number of likely N-dealkylation sites (tertiary alicyclic amines) is 1. The number of carbonyl (C=O) groups excluding carboxylic acids is 1. The SMILES string of the molecule is C[N+]1([11CH3])CCC(OC(=O)[C@](O)(c2ccccc2)C2CCCCC2)CC1. The molecule has 1 aromatic carbocycles. The largest absolute Gasteiger partial charge is 0.460 e. The van der Waals surface area contributed by atoms with E-state index in [1.807, 2.05) is 30.3 Å². The fraction of sp³-hybridized carbons (Fsp3) is 0.667. The molecule has 4 heteroatoms. The molecule has 1 aliphatic heterocycles. The monoisotopic (exact) mass is 345 g/mol. The summed E-state index contributed by atoms with van der Waals surface area (Å²) in [6.45, 7) is 2.01. The van der Waals surface area contributed by atoms with E-state index < -0.39 is 11.6 Å². The zero-order valence-electron chi connectivity index (χ0n) is 15.6. The van der Waals surface area contributed by atoms with Gasteiger partial charge in [-0.2, -0.15) is 0 Å². The highest BCUT2D eigenvalue weighted by Crippen LogP contribution is 2.40. The molecule has 1 aliphatic carbocycles. The topological polar surface area (TPSA) is 46.5 Å². The number of aliphatic hydroxyl groups is 1. The van der Waals surface area contributed by atoms with Crippen molar-refractivity contribution in [2.45, 2.75) is 56.7 Å². The van der Waals surface area contributed by atoms with E-state index in [1.165, 1.54) is 6.42 Å². The summed E-state index contributed by atoms with van der Waals surface area (Å²) in [7, 11) is 4.42. The lowest BCUT2D eigenvalue weighted by Gasteiger charge is -2.40. The summed E-state index contributed by atoms with van der Waals surface area (Å²) in [4.78, 5) is 13.1. The lowest BCUT2D eigenvalue weighted by molar-refractivity contribution is -0.896. The van der Waals surface area contributed by atoms with Gasteiger partial charge in [0.1, 0.15) is 6.10 Å². The number of nitrogens with zero attached hydrogens (tertiary/aromatic N) is 1. The second-order valence-electron chi connectivity index (χ2n) is 8.45. The van der Waals surface area contributed by atoms with Gasteiger partial charge < -0.3 is 14.3 Å². The Morgan fingerprint density at radius 2 is 1.64 bits per heavy atom. The van der Waals surface area contributed by atoms with Crippen LogP contribution in [0.1, 0.15) is 50.5 Å². The van der Waals surface area contributed by atoms with Crippen LogP contribution in [0.3, 0.4) is 0 Å². The Labute approximate surface area is 151 Å². The Morgan fingerprint density at radius 1 is 1.04 bits per heavy atom. The predicted octanol–water partition coefficient (Wildman–Crippen LogP) is 3.24. The molecule has 1 heterocycles. The maximum atomic E-state index is 13.1. The average Bonchev–Trinajstić information content (AvgIpc) is 2.64. The van der Waals surface area contributed by atoms with Crippen molar-refractivity contribution in [3.8, 4) is 0 Å². The van der Waals surface area contributed by atoms with Gasteiger partial charge in [0.05, 0.1) is 27.2 Å². The van der Waals surface area contributed by atoms with Gasteiger partial charge in [0.15, 0.2) is 5.60 Å². The molecule has 0 aromatic heterocycles. The van der Waals surface area contributed by atoms with Crippen molar-refractivity contribution in [2.75, 3.05) is 27.2 Å². The van der Waals surface area contributed by atoms with E-state index in [9.17, 15) is 9.90 Å². The summed E-state index contributed by atoms with van der Waals surface area (Å²) in [6, 6.07) is 9.40. The van der Waals surface area contributed by atoms with Crippen LogP contribution in [0.2, 0.25) is 0 Å². The van der Waals surface area contributed by atoms with E-state index in [1.54, 1.807) is 0 Å². The van der Waals surface area contributed by atoms with Crippen LogP contribution in [0.5, 0.6) is 0 Å². The van der Waals surface area contributed by atoms with Crippen LogP contribution in [0.15, 0.2) is 30.3 Å². The zero-order chi connectivity index (χ0) is 17.9. The third-order valence-electron chi connectivity index (χ3n) is 6.11. The van der Waals surface area contributed by atoms with E-state index >= 15 is 0 Å². The number of rotatable bonds is 4. The third-order valence-corrected chi connectivity index (χ3v) is 6.11. The highest BCUT2D eigenvalue weighted by Gasteiger charge is 2.48. The molecule has 2 fully saturated rings. The quantitative estimate of drug-likeness (QED) is 0.673. The van der Waals surface area contributed by atoms with Gasteiger partial charge in [0, 0.05) is 18.8 Å². The molecule has 25 heavy (non-hydrogen) atoms. The summed E-state index contributed by atoms with van der Waals surface area (Å²) < 4.78 is 6.83. The first kappa shape index (κ1) is 18.4. The lowest BCUT2D eigenvalue weighted by atomic mass is 9.73. The first-order valence-electron chi connectivity index (χ1n) is 9.73. The van der Waals surface area contributed by atoms with Crippen molar-refractivity contribution >= 4 is 5.97 Å². The summed E-state index contributed by atoms with van der Waals surface area (Å²) in [5.41, 5.74) is -0.831. The minimum Gasteiger partial charge on any atom is -0.460 e. The molecule has 0 amide bonds. The van der Waals surface area contributed by atoms with Crippen LogP contribution in [-0.2, 0) is 15.1 Å². The van der Waals surface area contributed by atoms with Gasteiger partial charge in [-0.15, -0.1) is 0 Å². The highest BCUT2D eigenvalue weighted by atomic mass is 16.6. The van der Waals surface area contributed by atoms with Crippen molar-refractivity contribution in [1.29, 1.82) is 0 Å². The molecular weight excluding hydrogens is 313 g/mol. The standard InChI is InChI=1S/C21H32NO3/c1-22(2)15-13-19(14-16-22)25-20(23)21(24,17-9-5-3-6-10-17)18-11-7-4-8-12-18/h3,5-6,9-10,18-19,24H,4,7-8,11-16H2,1-2H3/q+1/t21-/m0/s1/i1-1/t19?,21-,22?. The maximum Gasteiger partial charge on any atom is 0.343 e. The molecule has 1 saturated heterocycles. The van der Waals surface area contributed by atoms with Crippen LogP contribution in [0.25, 0.3) is 0 Å². The Kier molecular flexibility index (Phi) is 5.49. The Bertz CT molecular complexity index is 570. The molecule has 0 unspecified atom stereocenters. The maximum absolute atomic E-state index is 13.1. The molecule has 0 bridgehead atoms. The molecule has 1 aromatic rings. The number of benzene rings is 1. The molecule has 1 saturated carbocycles. The molecule has 1 atom stereocenters. The van der Waals surface area contributed by atoms with Crippen LogP contribution in [0.4, 0.5) is 0 Å². The minimum atomic E-state index is -1.51. The van der Waals surface area contributed by atoms with Gasteiger partial charge in [0.25, 0.3) is 0 Å². The van der Waals surface area contributed by atoms with Gasteiger partial charge >= 0.3 is 5.97 Å². The molecule has 4 nitrogen and oxygen atoms in total. The predicted molar refractivity (Wildman–Crippen MR) is 97.9 cm³/mol. The smallest absolute Gasteiger partial charge is 0.343 e. The number of quaternary nitrogens is 1. The van der Waals surface area contributed by atoms with Gasteiger partial charge in [-0.25, -0.2) is 4.79 Å². The summed E-state index contributed by atoms with van der Waals surface area (Å²) in [5.74, 6) is -0.491. The fourth-order valence-electron chi connectivity index (χ4n) is 4.33. The van der Waals surface area contributed by atoms with Crippen molar-refractivity contribution in [2.24, 2.45) is 5.92 Å². The van der Waals surface area contributed by atoms with Gasteiger partial charge in [-0.05, 0) is 18.4 Å². The van der Waals surface area contributed by atoms with E-state index in [2.05, 4.69) is 14.1 Å². The lowest BCUT2D eigenvalue weighted by Crippen LogP contribution is -2.51. The Hall–Kier alpha value is -1.39. The van der Waals surface area contributed by atoms with Gasteiger partial charge in [0.2, 0.25) is 0 Å². The van der Waals surface area contributed by atoms with Crippen molar-refractivity contribution in [1.82, 2.24) is 0 Å².